The minimum absolute atomic E-state index is 0.0280. The number of methoxy groups -OCH3 is 1. The molecule has 0 N–H and O–H groups in total. The van der Waals surface area contributed by atoms with Crippen molar-refractivity contribution in [1.82, 2.24) is 0 Å². The number of carbonyl (C=O) groups excluding carboxylic acids is 1. The molecule has 120 valence electrons. The molecule has 2 aromatic rings. The molecule has 0 saturated heterocycles. The monoisotopic (exact) mass is 348 g/mol. The first-order chi connectivity index (χ1) is 11.1. The highest BCUT2D eigenvalue weighted by Crippen LogP contribution is 2.35. The van der Waals surface area contributed by atoms with Gasteiger partial charge in [0.2, 0.25) is 0 Å². The molecule has 0 fully saturated rings. The number of ketones is 1. The Hall–Kier alpha value is -1.70. The lowest BCUT2D eigenvalue weighted by molar-refractivity contribution is 0.0952. The summed E-state index contributed by atoms with van der Waals surface area (Å²) < 4.78 is 16.5. The van der Waals surface area contributed by atoms with Gasteiger partial charge in [0.1, 0.15) is 5.75 Å². The smallest absolute Gasteiger partial charge is 0.175 e. The molecule has 3 nitrogen and oxygen atoms in total. The van der Waals surface area contributed by atoms with E-state index in [4.69, 9.17) is 16.3 Å². The van der Waals surface area contributed by atoms with Gasteiger partial charge in [-0.3, -0.25) is 9.36 Å². The summed E-state index contributed by atoms with van der Waals surface area (Å²) in [4.78, 5) is 13.1. The molecule has 0 aromatic heterocycles. The van der Waals surface area contributed by atoms with Crippen molar-refractivity contribution in [3.8, 4) is 5.75 Å². The van der Waals surface area contributed by atoms with Crippen LogP contribution < -0.4 is 4.74 Å². The molecular weight excluding hydrogens is 331 g/mol. The van der Waals surface area contributed by atoms with Crippen LogP contribution in [0.5, 0.6) is 5.75 Å². The minimum atomic E-state index is -0.415. The van der Waals surface area contributed by atoms with Crippen molar-refractivity contribution in [2.75, 3.05) is 7.11 Å². The van der Waals surface area contributed by atoms with Gasteiger partial charge >= 0.3 is 0 Å². The summed E-state index contributed by atoms with van der Waals surface area (Å²) in [5, 5.41) is 0.364. The number of rotatable bonds is 7. The van der Waals surface area contributed by atoms with Crippen molar-refractivity contribution < 1.29 is 14.1 Å². The largest absolute Gasteiger partial charge is 0.496 e. The molecule has 0 heterocycles. The van der Waals surface area contributed by atoms with Gasteiger partial charge in [-0.05, 0) is 24.1 Å². The van der Waals surface area contributed by atoms with Crippen LogP contribution in [-0.2, 0) is 4.57 Å². The van der Waals surface area contributed by atoms with E-state index >= 15 is 0 Å². The van der Waals surface area contributed by atoms with Gasteiger partial charge in [0, 0.05) is 11.6 Å². The molecule has 2 rings (SSSR count). The van der Waals surface area contributed by atoms with Gasteiger partial charge in [-0.25, -0.2) is 0 Å². The number of hydrogen-bond acceptors (Lipinski definition) is 3. The van der Waals surface area contributed by atoms with E-state index in [-0.39, 0.29) is 19.9 Å². The quantitative estimate of drug-likeness (QED) is 0.498. The Bertz CT molecular complexity index is 688. The van der Waals surface area contributed by atoms with Crippen LogP contribution >= 0.6 is 20.1 Å². The highest BCUT2D eigenvalue weighted by Gasteiger charge is 2.28. The van der Waals surface area contributed by atoms with Gasteiger partial charge < -0.3 is 4.74 Å². The lowest BCUT2D eigenvalue weighted by Crippen LogP contribution is -2.17. The third kappa shape index (κ3) is 4.19. The Labute approximate surface area is 142 Å². The molecule has 2 unspecified atom stereocenters. The fraction of sp³-hybridized carbons (Fsp3) is 0.278. The zero-order valence-corrected chi connectivity index (χ0v) is 14.7. The molecule has 0 spiro atoms. The van der Waals surface area contributed by atoms with Crippen molar-refractivity contribution in [3.63, 3.8) is 0 Å². The van der Waals surface area contributed by atoms with Gasteiger partial charge in [0.15, 0.2) is 14.2 Å². The molecule has 0 amide bonds. The van der Waals surface area contributed by atoms with E-state index in [1.54, 1.807) is 18.2 Å². The average molecular weight is 349 g/mol. The van der Waals surface area contributed by atoms with Crippen molar-refractivity contribution >= 4 is 25.8 Å². The Balaban J connectivity index is 2.47. The summed E-state index contributed by atoms with van der Waals surface area (Å²) in [6.07, 6.45) is 0.474. The van der Waals surface area contributed by atoms with Crippen LogP contribution in [0.25, 0.3) is 0 Å². The van der Waals surface area contributed by atoms with E-state index in [0.717, 1.165) is 5.56 Å². The third-order valence-corrected chi connectivity index (χ3v) is 4.60. The zero-order chi connectivity index (χ0) is 16.8. The van der Waals surface area contributed by atoms with Crippen LogP contribution in [0.3, 0.4) is 0 Å². The summed E-state index contributed by atoms with van der Waals surface area (Å²) >= 11 is 6.24. The number of hydrogen-bond donors (Lipinski definition) is 0. The summed E-state index contributed by atoms with van der Waals surface area (Å²) in [6, 6.07) is 14.6. The second kappa shape index (κ2) is 8.24. The predicted octanol–water partition coefficient (Wildman–Crippen LogP) is 5.39. The van der Waals surface area contributed by atoms with E-state index in [0.29, 0.717) is 22.8 Å². The maximum atomic E-state index is 13.1. The van der Waals surface area contributed by atoms with E-state index < -0.39 is 5.92 Å². The first-order valence-corrected chi connectivity index (χ1v) is 8.58. The molecule has 0 aliphatic rings. The SMILES string of the molecule is COc1cccc(Cl)c1C(=O)C(CC(C)P=O)c1ccccc1. The topological polar surface area (TPSA) is 43.4 Å². The molecule has 2 atom stereocenters. The predicted molar refractivity (Wildman–Crippen MR) is 93.2 cm³/mol. The Morgan fingerprint density at radius 3 is 2.48 bits per heavy atom. The second-order valence-corrected chi connectivity index (χ2v) is 6.83. The number of benzene rings is 2. The molecule has 0 aliphatic heterocycles. The number of ether oxygens (including phenoxy) is 1. The van der Waals surface area contributed by atoms with Gasteiger partial charge in [-0.15, -0.1) is 0 Å². The van der Waals surface area contributed by atoms with Crippen LogP contribution in [-0.4, -0.2) is 18.6 Å². The first-order valence-electron chi connectivity index (χ1n) is 7.32. The van der Waals surface area contributed by atoms with Crippen molar-refractivity contribution in [2.24, 2.45) is 0 Å². The lowest BCUT2D eigenvalue weighted by Gasteiger charge is -2.19. The molecule has 0 radical (unpaired) electrons. The average Bonchev–Trinajstić information content (AvgIpc) is 2.59. The lowest BCUT2D eigenvalue weighted by atomic mass is 9.86. The Morgan fingerprint density at radius 1 is 1.17 bits per heavy atom. The maximum absolute atomic E-state index is 13.1. The summed E-state index contributed by atoms with van der Waals surface area (Å²) in [5.74, 6) is -0.0774. The van der Waals surface area contributed by atoms with E-state index in [1.807, 2.05) is 37.3 Å². The minimum Gasteiger partial charge on any atom is -0.496 e. The van der Waals surface area contributed by atoms with Gasteiger partial charge in [0.25, 0.3) is 0 Å². The van der Waals surface area contributed by atoms with E-state index in [9.17, 15) is 9.36 Å². The molecule has 0 aliphatic carbocycles. The highest BCUT2D eigenvalue weighted by atomic mass is 35.5. The van der Waals surface area contributed by atoms with Crippen molar-refractivity contribution in [1.29, 1.82) is 0 Å². The van der Waals surface area contributed by atoms with Crippen molar-refractivity contribution in [2.45, 2.75) is 24.9 Å². The van der Waals surface area contributed by atoms with E-state index in [1.165, 1.54) is 7.11 Å². The van der Waals surface area contributed by atoms with Crippen LogP contribution in [0.2, 0.25) is 5.02 Å². The van der Waals surface area contributed by atoms with Crippen molar-refractivity contribution in [3.05, 3.63) is 64.7 Å². The van der Waals surface area contributed by atoms with Gasteiger partial charge in [-0.2, -0.15) is 0 Å². The first kappa shape index (κ1) is 17.7. The molecule has 23 heavy (non-hydrogen) atoms. The molecule has 0 bridgehead atoms. The standard InChI is InChI=1S/C18H18ClO3P/c1-12(23-21)11-14(13-7-4-3-5-8-13)18(20)17-15(19)9-6-10-16(17)22-2/h3-10,12,14H,11H2,1-2H3. The molecule has 2 aromatic carbocycles. The van der Waals surface area contributed by atoms with E-state index in [2.05, 4.69) is 0 Å². The fourth-order valence-electron chi connectivity index (χ4n) is 2.55. The van der Waals surface area contributed by atoms with Crippen LogP contribution in [0.1, 0.15) is 35.2 Å². The van der Waals surface area contributed by atoms with Crippen LogP contribution in [0.15, 0.2) is 48.5 Å². The highest BCUT2D eigenvalue weighted by molar-refractivity contribution is 7.24. The maximum Gasteiger partial charge on any atom is 0.175 e. The molecule has 5 heteroatoms. The second-order valence-electron chi connectivity index (χ2n) is 5.33. The molecular formula is C18H18ClO3P. The molecule has 0 saturated carbocycles. The number of Topliss-reactive ketones (excluding diaryl/α,β-unsaturated/α-hetero) is 1. The van der Waals surface area contributed by atoms with Crippen LogP contribution in [0.4, 0.5) is 0 Å². The number of carbonyl (C=O) groups is 1. The fourth-order valence-corrected chi connectivity index (χ4v) is 3.11. The third-order valence-electron chi connectivity index (χ3n) is 3.72. The summed E-state index contributed by atoms with van der Waals surface area (Å²) in [5.41, 5.74) is 1.13. The summed E-state index contributed by atoms with van der Waals surface area (Å²) in [7, 11) is 1.54. The Morgan fingerprint density at radius 2 is 1.87 bits per heavy atom. The normalized spacial score (nSPS) is 13.5. The Kier molecular flexibility index (Phi) is 6.32. The number of halogens is 1. The van der Waals surface area contributed by atoms with Gasteiger partial charge in [0.05, 0.1) is 17.7 Å². The van der Waals surface area contributed by atoms with Gasteiger partial charge in [-0.1, -0.05) is 54.9 Å². The summed E-state index contributed by atoms with van der Waals surface area (Å²) in [6.45, 7) is 1.85. The zero-order valence-electron chi connectivity index (χ0n) is 13.0. The van der Waals surface area contributed by atoms with Crippen LogP contribution in [0, 0.1) is 0 Å².